The number of aryl methyl sites for hydroxylation is 2. The van der Waals surface area contributed by atoms with Crippen LogP contribution in [0.15, 0.2) is 65.5 Å². The number of rotatable bonds is 3. The largest absolute Gasteiger partial charge is 0.323 e. The van der Waals surface area contributed by atoms with Crippen molar-refractivity contribution in [2.75, 3.05) is 10.6 Å². The van der Waals surface area contributed by atoms with E-state index in [9.17, 15) is 9.59 Å². The number of hydrogen-bond acceptors (Lipinski definition) is 3. The molecule has 0 aliphatic rings. The van der Waals surface area contributed by atoms with Crippen molar-refractivity contribution in [1.29, 1.82) is 0 Å². The molecule has 0 spiro atoms. The molecule has 2 amide bonds. The molecule has 6 heteroatoms. The van der Waals surface area contributed by atoms with E-state index < -0.39 is 11.6 Å². The molecule has 3 rings (SSSR count). The minimum absolute atomic E-state index is 0.168. The number of nitrogens with zero attached hydrogens (tertiary/aromatic N) is 2. The zero-order valence-corrected chi connectivity index (χ0v) is 14.0. The summed E-state index contributed by atoms with van der Waals surface area (Å²) in [6, 6.07) is 17.5. The Kier molecular flexibility index (Phi) is 4.61. The van der Waals surface area contributed by atoms with Crippen molar-refractivity contribution in [3.63, 3.8) is 0 Å². The van der Waals surface area contributed by atoms with E-state index in [1.165, 1.54) is 4.68 Å². The number of aromatic nitrogens is 2. The fraction of sp³-hybridized carbons (Fsp3) is 0.105. The smallest absolute Gasteiger partial charge is 0.308 e. The highest BCUT2D eigenvalue weighted by Crippen LogP contribution is 2.10. The molecule has 126 valence electrons. The predicted molar refractivity (Wildman–Crippen MR) is 98.4 cm³/mol. The fourth-order valence-electron chi connectivity index (χ4n) is 2.37. The van der Waals surface area contributed by atoms with E-state index >= 15 is 0 Å². The second kappa shape index (κ2) is 7.00. The third-order valence-electron chi connectivity index (χ3n) is 3.59. The molecular weight excluding hydrogens is 316 g/mol. The van der Waals surface area contributed by atoms with E-state index in [0.717, 1.165) is 5.56 Å². The van der Waals surface area contributed by atoms with E-state index in [1.54, 1.807) is 37.3 Å². The summed E-state index contributed by atoms with van der Waals surface area (Å²) >= 11 is 0. The third kappa shape index (κ3) is 3.92. The van der Waals surface area contributed by atoms with E-state index in [0.29, 0.717) is 17.1 Å². The molecule has 1 heterocycles. The van der Waals surface area contributed by atoms with Crippen molar-refractivity contribution in [2.24, 2.45) is 0 Å². The SMILES string of the molecule is Cc1ccc(NC(=O)Nc2cc(C)nn(-c3ccccc3)c2=O)cc1. The maximum absolute atomic E-state index is 12.6. The van der Waals surface area contributed by atoms with Gasteiger partial charge >= 0.3 is 6.03 Å². The van der Waals surface area contributed by atoms with Gasteiger partial charge in [-0.1, -0.05) is 35.9 Å². The van der Waals surface area contributed by atoms with Crippen LogP contribution < -0.4 is 16.2 Å². The van der Waals surface area contributed by atoms with E-state index in [2.05, 4.69) is 15.7 Å². The molecule has 1 aromatic heterocycles. The number of amides is 2. The molecule has 0 saturated heterocycles. The summed E-state index contributed by atoms with van der Waals surface area (Å²) in [7, 11) is 0. The normalized spacial score (nSPS) is 10.3. The van der Waals surface area contributed by atoms with Gasteiger partial charge in [0.05, 0.1) is 11.4 Å². The highest BCUT2D eigenvalue weighted by molar-refractivity contribution is 5.99. The summed E-state index contributed by atoms with van der Waals surface area (Å²) in [5.41, 5.74) is 2.78. The molecule has 0 saturated carbocycles. The van der Waals surface area contributed by atoms with E-state index in [-0.39, 0.29) is 5.69 Å². The second-order valence-electron chi connectivity index (χ2n) is 5.70. The lowest BCUT2D eigenvalue weighted by Crippen LogP contribution is -2.29. The molecule has 6 nitrogen and oxygen atoms in total. The fourth-order valence-corrected chi connectivity index (χ4v) is 2.37. The minimum Gasteiger partial charge on any atom is -0.308 e. The number of carbonyl (C=O) groups excluding carboxylic acids is 1. The molecule has 3 aromatic rings. The summed E-state index contributed by atoms with van der Waals surface area (Å²) in [6.07, 6.45) is 0. The van der Waals surface area contributed by atoms with Gasteiger partial charge in [-0.25, -0.2) is 4.79 Å². The Balaban J connectivity index is 1.85. The lowest BCUT2D eigenvalue weighted by Gasteiger charge is -2.11. The standard InChI is InChI=1S/C19H18N4O2/c1-13-8-10-15(11-9-13)20-19(25)21-17-12-14(2)22-23(18(17)24)16-6-4-3-5-7-16/h3-12H,1-2H3,(H2,20,21,25). The first-order chi connectivity index (χ1) is 12.0. The number of carbonyl (C=O) groups is 1. The van der Waals surface area contributed by atoms with Crippen LogP contribution in [-0.2, 0) is 0 Å². The first-order valence-corrected chi connectivity index (χ1v) is 7.84. The average molecular weight is 334 g/mol. The molecule has 0 radical (unpaired) electrons. The van der Waals surface area contributed by atoms with E-state index in [1.807, 2.05) is 37.3 Å². The summed E-state index contributed by atoms with van der Waals surface area (Å²) < 4.78 is 1.27. The van der Waals surface area contributed by atoms with Gasteiger partial charge < -0.3 is 10.6 Å². The molecule has 2 N–H and O–H groups in total. The first-order valence-electron chi connectivity index (χ1n) is 7.84. The molecule has 0 atom stereocenters. The molecule has 0 aliphatic carbocycles. The number of para-hydroxylation sites is 1. The summed E-state index contributed by atoms with van der Waals surface area (Å²) in [5, 5.41) is 9.54. The minimum atomic E-state index is -0.480. The van der Waals surface area contributed by atoms with Gasteiger partial charge in [-0.2, -0.15) is 9.78 Å². The van der Waals surface area contributed by atoms with Gasteiger partial charge in [-0.15, -0.1) is 0 Å². The second-order valence-corrected chi connectivity index (χ2v) is 5.70. The maximum Gasteiger partial charge on any atom is 0.323 e. The van der Waals surface area contributed by atoms with Crippen LogP contribution in [0.1, 0.15) is 11.3 Å². The Bertz CT molecular complexity index is 947. The highest BCUT2D eigenvalue weighted by Gasteiger charge is 2.11. The van der Waals surface area contributed by atoms with Gasteiger partial charge in [0, 0.05) is 5.69 Å². The van der Waals surface area contributed by atoms with Crippen molar-refractivity contribution >= 4 is 17.4 Å². The van der Waals surface area contributed by atoms with E-state index in [4.69, 9.17) is 0 Å². The molecule has 0 fully saturated rings. The van der Waals surface area contributed by atoms with Gasteiger partial charge in [0.2, 0.25) is 0 Å². The van der Waals surface area contributed by atoms with Gasteiger partial charge in [0.1, 0.15) is 5.69 Å². The summed E-state index contributed by atoms with van der Waals surface area (Å²) in [4.78, 5) is 24.8. The van der Waals surface area contributed by atoms with Crippen LogP contribution in [0.3, 0.4) is 0 Å². The topological polar surface area (TPSA) is 76.0 Å². The Hall–Kier alpha value is -3.41. The Morgan fingerprint density at radius 3 is 2.32 bits per heavy atom. The van der Waals surface area contributed by atoms with Gasteiger partial charge in [-0.3, -0.25) is 4.79 Å². The lowest BCUT2D eigenvalue weighted by molar-refractivity contribution is 0.262. The zero-order chi connectivity index (χ0) is 17.8. The predicted octanol–water partition coefficient (Wildman–Crippen LogP) is 3.49. The van der Waals surface area contributed by atoms with Crippen molar-refractivity contribution in [3.05, 3.63) is 82.3 Å². The number of benzene rings is 2. The van der Waals surface area contributed by atoms with Crippen molar-refractivity contribution < 1.29 is 4.79 Å². The average Bonchev–Trinajstić information content (AvgIpc) is 2.60. The van der Waals surface area contributed by atoms with Crippen molar-refractivity contribution in [2.45, 2.75) is 13.8 Å². The van der Waals surface area contributed by atoms with Crippen LogP contribution >= 0.6 is 0 Å². The van der Waals surface area contributed by atoms with Gasteiger partial charge in [-0.05, 0) is 44.2 Å². The molecule has 25 heavy (non-hydrogen) atoms. The van der Waals surface area contributed by atoms with Crippen molar-refractivity contribution in [3.8, 4) is 5.69 Å². The van der Waals surface area contributed by atoms with Crippen LogP contribution in [0.2, 0.25) is 0 Å². The lowest BCUT2D eigenvalue weighted by atomic mass is 10.2. The third-order valence-corrected chi connectivity index (χ3v) is 3.59. The summed E-state index contributed by atoms with van der Waals surface area (Å²) in [5.74, 6) is 0. The quantitative estimate of drug-likeness (QED) is 0.770. The van der Waals surface area contributed by atoms with Crippen LogP contribution in [0.4, 0.5) is 16.2 Å². The summed E-state index contributed by atoms with van der Waals surface area (Å²) in [6.45, 7) is 3.73. The molecule has 2 aromatic carbocycles. The molecule has 0 unspecified atom stereocenters. The number of anilines is 2. The Labute approximate surface area is 145 Å². The monoisotopic (exact) mass is 334 g/mol. The van der Waals surface area contributed by atoms with Crippen LogP contribution in [0.25, 0.3) is 5.69 Å². The van der Waals surface area contributed by atoms with Gasteiger partial charge in [0.25, 0.3) is 5.56 Å². The Morgan fingerprint density at radius 1 is 0.960 bits per heavy atom. The molecule has 0 aliphatic heterocycles. The van der Waals surface area contributed by atoms with Crippen LogP contribution in [-0.4, -0.2) is 15.8 Å². The number of urea groups is 1. The molecular formula is C19H18N4O2. The first kappa shape index (κ1) is 16.4. The molecule has 0 bridgehead atoms. The zero-order valence-electron chi connectivity index (χ0n) is 14.0. The highest BCUT2D eigenvalue weighted by atomic mass is 16.2. The van der Waals surface area contributed by atoms with Crippen molar-refractivity contribution in [1.82, 2.24) is 9.78 Å². The van der Waals surface area contributed by atoms with Crippen LogP contribution in [0.5, 0.6) is 0 Å². The van der Waals surface area contributed by atoms with Crippen LogP contribution in [0, 0.1) is 13.8 Å². The van der Waals surface area contributed by atoms with Gasteiger partial charge in [0.15, 0.2) is 0 Å². The Morgan fingerprint density at radius 2 is 1.64 bits per heavy atom. The maximum atomic E-state index is 12.6. The number of nitrogens with one attached hydrogen (secondary N) is 2. The number of hydrogen-bond donors (Lipinski definition) is 2.